The van der Waals surface area contributed by atoms with Crippen LogP contribution in [0.5, 0.6) is 5.75 Å². The van der Waals surface area contributed by atoms with Crippen LogP contribution in [0.3, 0.4) is 0 Å². The van der Waals surface area contributed by atoms with Crippen LogP contribution in [0.15, 0.2) is 53.5 Å². The molecule has 0 saturated carbocycles. The topological polar surface area (TPSA) is 69.1 Å². The van der Waals surface area contributed by atoms with E-state index >= 15 is 0 Å². The van der Waals surface area contributed by atoms with Crippen molar-refractivity contribution in [1.82, 2.24) is 10.6 Å². The lowest BCUT2D eigenvalue weighted by Crippen LogP contribution is -2.38. The van der Waals surface area contributed by atoms with Crippen LogP contribution < -0.4 is 20.3 Å². The molecule has 2 aromatic rings. The Hall–Kier alpha value is -2.14. The largest absolute Gasteiger partial charge is 0.435 e. The number of aliphatic hydroxyl groups is 1. The molecule has 0 fully saturated rings. The first-order valence-electron chi connectivity index (χ1n) is 9.90. The van der Waals surface area contributed by atoms with Gasteiger partial charge >= 0.3 is 6.61 Å². The number of aliphatic hydroxyl groups excluding tert-OH is 1. The molecule has 0 aliphatic carbocycles. The predicted octanol–water partition coefficient (Wildman–Crippen LogP) is 3.80. The second-order valence-corrected chi connectivity index (χ2v) is 6.92. The molecule has 2 aromatic carbocycles. The van der Waals surface area contributed by atoms with Gasteiger partial charge in [0.25, 0.3) is 0 Å². The molecule has 0 spiro atoms. The lowest BCUT2D eigenvalue weighted by atomic mass is 10.1. The lowest BCUT2D eigenvalue weighted by molar-refractivity contribution is -0.0498. The van der Waals surface area contributed by atoms with E-state index in [9.17, 15) is 13.9 Å². The van der Waals surface area contributed by atoms with Gasteiger partial charge in [0.2, 0.25) is 0 Å². The first kappa shape index (κ1) is 26.9. The third kappa shape index (κ3) is 9.69. The molecular formula is C22H31F2IN4O2. The van der Waals surface area contributed by atoms with Gasteiger partial charge in [-0.3, -0.25) is 4.99 Å². The van der Waals surface area contributed by atoms with Crippen molar-refractivity contribution in [3.63, 3.8) is 0 Å². The van der Waals surface area contributed by atoms with E-state index in [2.05, 4.69) is 49.5 Å². The molecule has 9 heteroatoms. The highest BCUT2D eigenvalue weighted by atomic mass is 127. The Balaban J connectivity index is 0.00000480. The van der Waals surface area contributed by atoms with Gasteiger partial charge in [0, 0.05) is 32.9 Å². The number of nitrogens with zero attached hydrogens (tertiary/aromatic N) is 2. The molecule has 0 saturated heterocycles. The Bertz CT molecular complexity index is 787. The molecule has 0 heterocycles. The van der Waals surface area contributed by atoms with Crippen LogP contribution in [-0.2, 0) is 6.42 Å². The fraction of sp³-hybridized carbons (Fsp3) is 0.409. The first-order chi connectivity index (χ1) is 14.4. The minimum absolute atomic E-state index is 0. The molecule has 0 aliphatic heterocycles. The quantitative estimate of drug-likeness (QED) is 0.240. The fourth-order valence-corrected chi connectivity index (χ4v) is 2.78. The standard InChI is InChI=1S/C22H30F2N4O2.HI/c1-4-25-22(26-14-13-16-5-9-18(10-6-16)28(2)3)27-15-20(29)17-7-11-19(12-8-17)30-21(23)24;/h5-12,20-21,29H,4,13-15H2,1-3H3,(H2,25,26,27);1H. The molecule has 172 valence electrons. The van der Waals surface area contributed by atoms with Gasteiger partial charge in [0.15, 0.2) is 5.96 Å². The summed E-state index contributed by atoms with van der Waals surface area (Å²) < 4.78 is 28.7. The summed E-state index contributed by atoms with van der Waals surface area (Å²) in [7, 11) is 4.02. The number of guanidine groups is 1. The highest BCUT2D eigenvalue weighted by Gasteiger charge is 2.09. The number of anilines is 1. The monoisotopic (exact) mass is 548 g/mol. The SMILES string of the molecule is CCNC(=NCC(O)c1ccc(OC(F)F)cc1)NCCc1ccc(N(C)C)cc1.I. The molecule has 1 atom stereocenters. The summed E-state index contributed by atoms with van der Waals surface area (Å²) in [6.45, 7) is 0.629. The van der Waals surface area contributed by atoms with E-state index < -0.39 is 12.7 Å². The number of hydrogen-bond acceptors (Lipinski definition) is 4. The van der Waals surface area contributed by atoms with E-state index in [4.69, 9.17) is 0 Å². The number of rotatable bonds is 10. The summed E-state index contributed by atoms with van der Waals surface area (Å²) in [5.41, 5.74) is 2.96. The van der Waals surface area contributed by atoms with Gasteiger partial charge in [-0.15, -0.1) is 24.0 Å². The minimum Gasteiger partial charge on any atom is -0.435 e. The van der Waals surface area contributed by atoms with Crippen molar-refractivity contribution in [1.29, 1.82) is 0 Å². The fourth-order valence-electron chi connectivity index (χ4n) is 2.78. The predicted molar refractivity (Wildman–Crippen MR) is 132 cm³/mol. The maximum absolute atomic E-state index is 12.2. The van der Waals surface area contributed by atoms with Crippen LogP contribution in [-0.4, -0.2) is 51.4 Å². The highest BCUT2D eigenvalue weighted by Crippen LogP contribution is 2.19. The molecule has 1 unspecified atom stereocenters. The summed E-state index contributed by atoms with van der Waals surface area (Å²) in [6.07, 6.45) is -0.00800. The second-order valence-electron chi connectivity index (χ2n) is 6.92. The lowest BCUT2D eigenvalue weighted by Gasteiger charge is -2.15. The second kappa shape index (κ2) is 14.0. The Morgan fingerprint density at radius 1 is 1.06 bits per heavy atom. The van der Waals surface area contributed by atoms with Crippen LogP contribution in [0.1, 0.15) is 24.2 Å². The average Bonchev–Trinajstić information content (AvgIpc) is 2.72. The van der Waals surface area contributed by atoms with Gasteiger partial charge in [0.1, 0.15) is 5.75 Å². The molecular weight excluding hydrogens is 517 g/mol. The zero-order valence-electron chi connectivity index (χ0n) is 18.0. The van der Waals surface area contributed by atoms with E-state index in [1.807, 2.05) is 21.0 Å². The third-order valence-electron chi connectivity index (χ3n) is 4.42. The van der Waals surface area contributed by atoms with Gasteiger partial charge < -0.3 is 25.4 Å². The number of nitrogens with one attached hydrogen (secondary N) is 2. The summed E-state index contributed by atoms with van der Waals surface area (Å²) in [5.74, 6) is 0.664. The van der Waals surface area contributed by atoms with Gasteiger partial charge in [0.05, 0.1) is 12.6 Å². The van der Waals surface area contributed by atoms with Crippen molar-refractivity contribution < 1.29 is 18.6 Å². The molecule has 6 nitrogen and oxygen atoms in total. The first-order valence-corrected chi connectivity index (χ1v) is 9.90. The smallest absolute Gasteiger partial charge is 0.387 e. The number of halogens is 3. The van der Waals surface area contributed by atoms with Crippen molar-refractivity contribution in [2.45, 2.75) is 26.1 Å². The molecule has 2 rings (SSSR count). The van der Waals surface area contributed by atoms with Gasteiger partial charge in [-0.25, -0.2) is 0 Å². The van der Waals surface area contributed by atoms with Crippen molar-refractivity contribution in [3.05, 3.63) is 59.7 Å². The molecule has 0 amide bonds. The Morgan fingerprint density at radius 3 is 2.26 bits per heavy atom. The Kier molecular flexibility index (Phi) is 12.2. The maximum Gasteiger partial charge on any atom is 0.387 e. The third-order valence-corrected chi connectivity index (χ3v) is 4.42. The number of benzene rings is 2. The Labute approximate surface area is 199 Å². The van der Waals surface area contributed by atoms with Crippen molar-refractivity contribution in [2.24, 2.45) is 4.99 Å². The minimum atomic E-state index is -2.87. The van der Waals surface area contributed by atoms with Gasteiger partial charge in [-0.05, 0) is 48.7 Å². The summed E-state index contributed by atoms with van der Waals surface area (Å²) >= 11 is 0. The highest BCUT2D eigenvalue weighted by molar-refractivity contribution is 14.0. The van der Waals surface area contributed by atoms with E-state index in [-0.39, 0.29) is 36.3 Å². The van der Waals surface area contributed by atoms with Crippen LogP contribution in [0, 0.1) is 0 Å². The molecule has 31 heavy (non-hydrogen) atoms. The van der Waals surface area contributed by atoms with Crippen molar-refractivity contribution >= 4 is 35.6 Å². The average molecular weight is 548 g/mol. The Morgan fingerprint density at radius 2 is 1.71 bits per heavy atom. The number of hydrogen-bond donors (Lipinski definition) is 3. The van der Waals surface area contributed by atoms with E-state index in [0.29, 0.717) is 24.6 Å². The number of alkyl halides is 2. The molecule has 0 bridgehead atoms. The van der Waals surface area contributed by atoms with E-state index in [1.165, 1.54) is 17.7 Å². The van der Waals surface area contributed by atoms with Gasteiger partial charge in [-0.2, -0.15) is 8.78 Å². The maximum atomic E-state index is 12.2. The van der Waals surface area contributed by atoms with Crippen LogP contribution in [0.25, 0.3) is 0 Å². The zero-order chi connectivity index (χ0) is 21.9. The zero-order valence-corrected chi connectivity index (χ0v) is 20.3. The molecule has 0 aliphatic rings. The van der Waals surface area contributed by atoms with Crippen molar-refractivity contribution in [3.8, 4) is 5.75 Å². The van der Waals surface area contributed by atoms with Crippen LogP contribution in [0.2, 0.25) is 0 Å². The van der Waals surface area contributed by atoms with Gasteiger partial charge in [-0.1, -0.05) is 24.3 Å². The van der Waals surface area contributed by atoms with E-state index in [1.54, 1.807) is 12.1 Å². The molecule has 3 N–H and O–H groups in total. The van der Waals surface area contributed by atoms with Crippen LogP contribution in [0.4, 0.5) is 14.5 Å². The summed E-state index contributed by atoms with van der Waals surface area (Å²) in [5, 5.41) is 16.7. The van der Waals surface area contributed by atoms with Crippen LogP contribution >= 0.6 is 24.0 Å². The van der Waals surface area contributed by atoms with E-state index in [0.717, 1.165) is 12.1 Å². The summed E-state index contributed by atoms with van der Waals surface area (Å²) in [4.78, 5) is 6.47. The molecule has 0 aromatic heterocycles. The normalized spacial score (nSPS) is 12.2. The molecule has 0 radical (unpaired) electrons. The summed E-state index contributed by atoms with van der Waals surface area (Å²) in [6, 6.07) is 14.3. The number of ether oxygens (including phenoxy) is 1. The van der Waals surface area contributed by atoms with Crippen molar-refractivity contribution in [2.75, 3.05) is 38.6 Å². The number of aliphatic imine (C=N–C) groups is 1.